The van der Waals surface area contributed by atoms with E-state index in [-0.39, 0.29) is 36.2 Å². The first-order chi connectivity index (χ1) is 14.8. The van der Waals surface area contributed by atoms with Gasteiger partial charge >= 0.3 is 0 Å². The quantitative estimate of drug-likeness (QED) is 0.690. The highest BCUT2D eigenvalue weighted by Crippen LogP contribution is 2.54. The Labute approximate surface area is 189 Å². The molecule has 8 heteroatoms. The van der Waals surface area contributed by atoms with Crippen LogP contribution in [0.15, 0.2) is 42.5 Å². The minimum Gasteiger partial charge on any atom is -0.324 e. The Kier molecular flexibility index (Phi) is 4.66. The number of rotatable bonds is 3. The maximum atomic E-state index is 13.7. The molecule has 4 atom stereocenters. The van der Waals surface area contributed by atoms with Crippen LogP contribution in [0.1, 0.15) is 25.0 Å². The second kappa shape index (κ2) is 7.05. The molecule has 0 aromatic heterocycles. The van der Waals surface area contributed by atoms with Crippen LogP contribution in [0.3, 0.4) is 0 Å². The van der Waals surface area contributed by atoms with Gasteiger partial charge < -0.3 is 5.32 Å². The number of hydrogen-bond acceptors (Lipinski definition) is 4. The summed E-state index contributed by atoms with van der Waals surface area (Å²) in [7, 11) is 0. The monoisotopic (exact) mass is 457 g/mol. The molecule has 0 radical (unpaired) electrons. The summed E-state index contributed by atoms with van der Waals surface area (Å²) in [5.41, 5.74) is 0.578. The second-order valence-corrected chi connectivity index (χ2v) is 9.57. The molecule has 5 rings (SSSR count). The molecule has 160 valence electrons. The van der Waals surface area contributed by atoms with Crippen LogP contribution in [-0.2, 0) is 26.5 Å². The smallest absolute Gasteiger partial charge is 0.250 e. The normalized spacial score (nSPS) is 29.1. The fraction of sp³-hybridized carbons (Fsp3) is 0.348. The van der Waals surface area contributed by atoms with E-state index in [4.69, 9.17) is 23.2 Å². The van der Waals surface area contributed by atoms with Crippen molar-refractivity contribution in [3.05, 3.63) is 63.6 Å². The van der Waals surface area contributed by atoms with Crippen molar-refractivity contribution in [2.24, 2.45) is 17.8 Å². The number of amides is 3. The number of imide groups is 1. The van der Waals surface area contributed by atoms with Crippen LogP contribution in [0.2, 0.25) is 10.0 Å². The number of hydrogen-bond donors (Lipinski definition) is 2. The van der Waals surface area contributed by atoms with Crippen molar-refractivity contribution >= 4 is 46.6 Å². The highest BCUT2D eigenvalue weighted by molar-refractivity contribution is 6.31. The molecule has 0 aliphatic carbocycles. The summed E-state index contributed by atoms with van der Waals surface area (Å²) in [5.74, 6) is -2.45. The average Bonchev–Trinajstić information content (AvgIpc) is 3.31. The first kappa shape index (κ1) is 20.5. The summed E-state index contributed by atoms with van der Waals surface area (Å²) >= 11 is 12.5. The lowest BCUT2D eigenvalue weighted by Gasteiger charge is -2.30. The number of benzene rings is 2. The van der Waals surface area contributed by atoms with Crippen molar-refractivity contribution in [3.8, 4) is 0 Å². The third kappa shape index (κ3) is 2.78. The van der Waals surface area contributed by atoms with E-state index in [1.807, 2.05) is 19.9 Å². The summed E-state index contributed by atoms with van der Waals surface area (Å²) in [5, 5.41) is 7.22. The highest BCUT2D eigenvalue weighted by Gasteiger charge is 2.70. The van der Waals surface area contributed by atoms with E-state index < -0.39 is 17.4 Å². The second-order valence-electron chi connectivity index (χ2n) is 8.72. The average molecular weight is 458 g/mol. The van der Waals surface area contributed by atoms with Gasteiger partial charge in [0.25, 0.3) is 0 Å². The van der Waals surface area contributed by atoms with Gasteiger partial charge in [0.1, 0.15) is 5.54 Å². The molecule has 1 spiro atoms. The number of carbonyl (C=O) groups excluding carboxylic acids is 3. The van der Waals surface area contributed by atoms with Crippen LogP contribution < -0.4 is 10.6 Å². The van der Waals surface area contributed by atoms with E-state index in [0.717, 1.165) is 0 Å². The summed E-state index contributed by atoms with van der Waals surface area (Å²) in [6.07, 6.45) is 0. The maximum absolute atomic E-state index is 13.7. The number of anilines is 1. The Morgan fingerprint density at radius 1 is 1.06 bits per heavy atom. The molecular formula is C23H21Cl2N3O3. The first-order valence-electron chi connectivity index (χ1n) is 10.2. The van der Waals surface area contributed by atoms with Crippen molar-refractivity contribution in [1.29, 1.82) is 0 Å². The zero-order valence-corrected chi connectivity index (χ0v) is 18.5. The lowest BCUT2D eigenvalue weighted by atomic mass is 9.76. The molecule has 2 fully saturated rings. The number of carbonyl (C=O) groups is 3. The summed E-state index contributed by atoms with van der Waals surface area (Å²) in [4.78, 5) is 41.8. The van der Waals surface area contributed by atoms with Crippen molar-refractivity contribution < 1.29 is 14.4 Å². The van der Waals surface area contributed by atoms with Gasteiger partial charge in [0.15, 0.2) is 0 Å². The largest absolute Gasteiger partial charge is 0.324 e. The topological polar surface area (TPSA) is 78.5 Å². The Morgan fingerprint density at radius 2 is 1.81 bits per heavy atom. The first-order valence-corrected chi connectivity index (χ1v) is 11.0. The fourth-order valence-electron chi connectivity index (χ4n) is 5.29. The van der Waals surface area contributed by atoms with Gasteiger partial charge in [0, 0.05) is 27.3 Å². The molecule has 2 saturated heterocycles. The summed E-state index contributed by atoms with van der Waals surface area (Å²) < 4.78 is 0. The van der Waals surface area contributed by atoms with E-state index >= 15 is 0 Å². The fourth-order valence-corrected chi connectivity index (χ4v) is 5.66. The van der Waals surface area contributed by atoms with Crippen LogP contribution in [-0.4, -0.2) is 28.7 Å². The molecule has 2 aromatic rings. The minimum atomic E-state index is -1.33. The van der Waals surface area contributed by atoms with Gasteiger partial charge in [0.2, 0.25) is 17.7 Å². The number of likely N-dealkylation sites (tertiary alicyclic amines) is 1. The van der Waals surface area contributed by atoms with E-state index in [9.17, 15) is 14.4 Å². The van der Waals surface area contributed by atoms with Gasteiger partial charge in [-0.1, -0.05) is 55.2 Å². The number of nitrogens with zero attached hydrogens (tertiary/aromatic N) is 1. The van der Waals surface area contributed by atoms with Gasteiger partial charge in [0.05, 0.1) is 18.4 Å². The van der Waals surface area contributed by atoms with Gasteiger partial charge in [-0.05, 0) is 35.7 Å². The van der Waals surface area contributed by atoms with Gasteiger partial charge in [-0.15, -0.1) is 0 Å². The van der Waals surface area contributed by atoms with Gasteiger partial charge in [-0.25, -0.2) is 0 Å². The van der Waals surface area contributed by atoms with Crippen molar-refractivity contribution in [2.75, 3.05) is 5.32 Å². The molecular weight excluding hydrogens is 437 g/mol. The van der Waals surface area contributed by atoms with Crippen molar-refractivity contribution in [2.45, 2.75) is 32.0 Å². The van der Waals surface area contributed by atoms with E-state index in [1.165, 1.54) is 4.90 Å². The molecule has 3 aliphatic heterocycles. The Balaban J connectivity index is 1.63. The summed E-state index contributed by atoms with van der Waals surface area (Å²) in [6, 6.07) is 11.9. The number of nitrogens with one attached hydrogen (secondary N) is 2. The minimum absolute atomic E-state index is 0.0277. The van der Waals surface area contributed by atoms with Crippen molar-refractivity contribution in [1.82, 2.24) is 10.2 Å². The Bertz CT molecular complexity index is 1130. The molecule has 2 N–H and O–H groups in total. The predicted octanol–water partition coefficient (Wildman–Crippen LogP) is 3.57. The maximum Gasteiger partial charge on any atom is 0.250 e. The lowest BCUT2D eigenvalue weighted by Crippen LogP contribution is -2.53. The molecule has 6 nitrogen and oxygen atoms in total. The van der Waals surface area contributed by atoms with Gasteiger partial charge in [-0.2, -0.15) is 0 Å². The molecule has 3 heterocycles. The SMILES string of the molecule is CC(C)[C@H]1N[C@]2(C(=O)Nc3ccc(Cl)cc32)[C@H]2C(=O)N(Cc3ccccc3Cl)C(=O)[C@H]12. The van der Waals surface area contributed by atoms with E-state index in [2.05, 4.69) is 10.6 Å². The Hall–Kier alpha value is -2.41. The molecule has 31 heavy (non-hydrogen) atoms. The Morgan fingerprint density at radius 3 is 2.52 bits per heavy atom. The van der Waals surface area contributed by atoms with Crippen LogP contribution in [0.25, 0.3) is 0 Å². The van der Waals surface area contributed by atoms with E-state index in [0.29, 0.717) is 26.9 Å². The van der Waals surface area contributed by atoms with Crippen molar-refractivity contribution in [3.63, 3.8) is 0 Å². The number of halogens is 2. The third-order valence-corrected chi connectivity index (χ3v) is 7.31. The summed E-state index contributed by atoms with van der Waals surface area (Å²) in [6.45, 7) is 4.04. The molecule has 0 bridgehead atoms. The molecule has 0 saturated carbocycles. The zero-order chi connectivity index (χ0) is 22.1. The predicted molar refractivity (Wildman–Crippen MR) is 118 cm³/mol. The van der Waals surface area contributed by atoms with Crippen LogP contribution in [0, 0.1) is 17.8 Å². The van der Waals surface area contributed by atoms with Crippen LogP contribution >= 0.6 is 23.2 Å². The molecule has 3 amide bonds. The van der Waals surface area contributed by atoms with Crippen LogP contribution in [0.5, 0.6) is 0 Å². The zero-order valence-electron chi connectivity index (χ0n) is 17.0. The molecule has 3 aliphatic rings. The lowest BCUT2D eigenvalue weighted by molar-refractivity contribution is -0.143. The van der Waals surface area contributed by atoms with E-state index in [1.54, 1.807) is 36.4 Å². The molecule has 2 aromatic carbocycles. The number of fused-ring (bicyclic) bond motifs is 4. The van der Waals surface area contributed by atoms with Crippen LogP contribution in [0.4, 0.5) is 5.69 Å². The van der Waals surface area contributed by atoms with Gasteiger partial charge in [-0.3, -0.25) is 24.6 Å². The third-order valence-electron chi connectivity index (χ3n) is 6.71. The standard InChI is InChI=1S/C23H21Cl2N3O3/c1-11(2)19-17-18(21(30)28(20(17)29)10-12-5-3-4-6-15(12)25)23(27-19)14-9-13(24)7-8-16(14)26-22(23)31/h3-9,11,17-19,27H,10H2,1-2H3,(H,26,31)/t17-,18+,19+,23-/m0/s1. The highest BCUT2D eigenvalue weighted by atomic mass is 35.5. The molecule has 0 unspecified atom stereocenters.